The second-order valence-electron chi connectivity index (χ2n) is 5.27. The predicted molar refractivity (Wildman–Crippen MR) is 62.1 cm³/mol. The molecule has 2 aliphatic rings. The first-order valence-electron chi connectivity index (χ1n) is 6.37. The molecule has 0 aromatic carbocycles. The Labute approximate surface area is 96.8 Å². The molecule has 0 heterocycles. The van der Waals surface area contributed by atoms with Gasteiger partial charge in [-0.25, -0.2) is 0 Å². The van der Waals surface area contributed by atoms with Gasteiger partial charge < -0.3 is 10.8 Å². The maximum Gasteiger partial charge on any atom is 0.320 e. The van der Waals surface area contributed by atoms with Crippen LogP contribution < -0.4 is 5.73 Å². The van der Waals surface area contributed by atoms with Crippen LogP contribution in [0.15, 0.2) is 0 Å². The number of hydrogen-bond donors (Lipinski definition) is 2. The van der Waals surface area contributed by atoms with Crippen molar-refractivity contribution in [3.8, 4) is 0 Å². The lowest BCUT2D eigenvalue weighted by atomic mass is 10.1. The summed E-state index contributed by atoms with van der Waals surface area (Å²) in [5, 5.41) is 9.24. The van der Waals surface area contributed by atoms with Gasteiger partial charge in [0.2, 0.25) is 0 Å². The zero-order chi connectivity index (χ0) is 11.5. The third kappa shape index (κ3) is 3.46. The second kappa shape index (κ2) is 5.15. The van der Waals surface area contributed by atoms with E-state index in [1.54, 1.807) is 0 Å². The maximum absolute atomic E-state index is 11.2. The molecule has 1 atom stereocenters. The Morgan fingerprint density at radius 3 is 2.06 bits per heavy atom. The van der Waals surface area contributed by atoms with Crippen LogP contribution >= 0.6 is 0 Å². The summed E-state index contributed by atoms with van der Waals surface area (Å²) in [7, 11) is 0. The number of carboxylic acid groups (broad SMARTS) is 1. The lowest BCUT2D eigenvalue weighted by Crippen LogP contribution is -2.44. The number of nitrogens with two attached hydrogens (primary N) is 1. The fourth-order valence-corrected chi connectivity index (χ4v) is 2.21. The van der Waals surface area contributed by atoms with Gasteiger partial charge in [0.1, 0.15) is 6.04 Å². The molecule has 4 heteroatoms. The van der Waals surface area contributed by atoms with Crippen LogP contribution in [0.1, 0.15) is 32.1 Å². The molecule has 92 valence electrons. The quantitative estimate of drug-likeness (QED) is 0.645. The van der Waals surface area contributed by atoms with Crippen molar-refractivity contribution in [3.05, 3.63) is 0 Å². The van der Waals surface area contributed by atoms with E-state index < -0.39 is 5.97 Å². The smallest absolute Gasteiger partial charge is 0.320 e. The average Bonchev–Trinajstić information content (AvgIpc) is 3.07. The van der Waals surface area contributed by atoms with Crippen molar-refractivity contribution in [2.45, 2.75) is 38.1 Å². The fraction of sp³-hybridized carbons (Fsp3) is 0.917. The van der Waals surface area contributed by atoms with Gasteiger partial charge in [0, 0.05) is 13.1 Å². The van der Waals surface area contributed by atoms with E-state index in [4.69, 9.17) is 5.73 Å². The minimum absolute atomic E-state index is 0.355. The van der Waals surface area contributed by atoms with E-state index in [0.717, 1.165) is 24.9 Å². The summed E-state index contributed by atoms with van der Waals surface area (Å²) in [6, 6.07) is -0.355. The number of hydrogen-bond acceptors (Lipinski definition) is 3. The Bertz CT molecular complexity index is 235. The van der Waals surface area contributed by atoms with Gasteiger partial charge in [-0.15, -0.1) is 0 Å². The van der Waals surface area contributed by atoms with Crippen LogP contribution in [-0.2, 0) is 4.79 Å². The maximum atomic E-state index is 11.2. The molecule has 2 rings (SSSR count). The molecule has 0 spiro atoms. The highest BCUT2D eigenvalue weighted by molar-refractivity contribution is 5.73. The topological polar surface area (TPSA) is 66.6 Å². The SMILES string of the molecule is NCCC(C(=O)O)N(CC1CC1)CC1CC1. The normalized spacial score (nSPS) is 22.4. The first-order chi connectivity index (χ1) is 7.70. The van der Waals surface area contributed by atoms with Gasteiger partial charge >= 0.3 is 5.97 Å². The summed E-state index contributed by atoms with van der Waals surface area (Å²) in [5.41, 5.74) is 5.51. The molecule has 4 nitrogen and oxygen atoms in total. The molecule has 0 aromatic heterocycles. The minimum atomic E-state index is -0.702. The van der Waals surface area contributed by atoms with E-state index in [2.05, 4.69) is 4.90 Å². The van der Waals surface area contributed by atoms with Crippen LogP contribution in [0.5, 0.6) is 0 Å². The number of carbonyl (C=O) groups is 1. The standard InChI is InChI=1S/C12H22N2O2/c13-6-5-11(12(15)16)14(7-9-1-2-9)8-10-3-4-10/h9-11H,1-8,13H2,(H,15,16). The average molecular weight is 226 g/mol. The van der Waals surface area contributed by atoms with Crippen LogP contribution in [0.3, 0.4) is 0 Å². The number of rotatable bonds is 8. The lowest BCUT2D eigenvalue weighted by molar-refractivity contribution is -0.143. The summed E-state index contributed by atoms with van der Waals surface area (Å²) >= 11 is 0. The highest BCUT2D eigenvalue weighted by atomic mass is 16.4. The molecule has 2 saturated carbocycles. The van der Waals surface area contributed by atoms with Gasteiger partial charge in [-0.2, -0.15) is 0 Å². The Morgan fingerprint density at radius 2 is 1.75 bits per heavy atom. The summed E-state index contributed by atoms with van der Waals surface area (Å²) in [5.74, 6) is 0.795. The van der Waals surface area contributed by atoms with E-state index in [9.17, 15) is 9.90 Å². The van der Waals surface area contributed by atoms with Crippen molar-refractivity contribution in [1.29, 1.82) is 0 Å². The van der Waals surface area contributed by atoms with Gasteiger partial charge in [-0.3, -0.25) is 9.69 Å². The number of carboxylic acids is 1. The van der Waals surface area contributed by atoms with Gasteiger partial charge in [0.05, 0.1) is 0 Å². The summed E-state index contributed by atoms with van der Waals surface area (Å²) in [6.07, 6.45) is 5.67. The van der Waals surface area contributed by atoms with E-state index in [-0.39, 0.29) is 6.04 Å². The molecule has 2 fully saturated rings. The van der Waals surface area contributed by atoms with Gasteiger partial charge in [-0.1, -0.05) is 0 Å². The molecule has 0 amide bonds. The first-order valence-corrected chi connectivity index (χ1v) is 6.37. The number of aliphatic carboxylic acids is 1. The first kappa shape index (κ1) is 11.9. The van der Waals surface area contributed by atoms with E-state index in [0.29, 0.717) is 13.0 Å². The molecule has 0 aromatic rings. The fourth-order valence-electron chi connectivity index (χ4n) is 2.21. The zero-order valence-electron chi connectivity index (χ0n) is 9.77. The van der Waals surface area contributed by atoms with E-state index in [1.807, 2.05) is 0 Å². The molecule has 3 N–H and O–H groups in total. The molecule has 1 unspecified atom stereocenters. The predicted octanol–water partition coefficient (Wildman–Crippen LogP) is 0.910. The number of nitrogens with zero attached hydrogens (tertiary/aromatic N) is 1. The molecule has 2 aliphatic carbocycles. The Balaban J connectivity index is 1.91. The van der Waals surface area contributed by atoms with Crippen molar-refractivity contribution >= 4 is 5.97 Å². The van der Waals surface area contributed by atoms with Crippen molar-refractivity contribution < 1.29 is 9.90 Å². The minimum Gasteiger partial charge on any atom is -0.480 e. The van der Waals surface area contributed by atoms with Crippen LogP contribution in [-0.4, -0.2) is 41.7 Å². The van der Waals surface area contributed by atoms with E-state index >= 15 is 0 Å². The molecule has 16 heavy (non-hydrogen) atoms. The Kier molecular flexibility index (Phi) is 3.82. The Morgan fingerprint density at radius 1 is 1.25 bits per heavy atom. The highest BCUT2D eigenvalue weighted by Crippen LogP contribution is 2.34. The molecular weight excluding hydrogens is 204 g/mol. The monoisotopic (exact) mass is 226 g/mol. The lowest BCUT2D eigenvalue weighted by Gasteiger charge is -2.28. The van der Waals surface area contributed by atoms with Crippen LogP contribution in [0.25, 0.3) is 0 Å². The zero-order valence-corrected chi connectivity index (χ0v) is 9.77. The van der Waals surface area contributed by atoms with Gasteiger partial charge in [0.25, 0.3) is 0 Å². The third-order valence-electron chi connectivity index (χ3n) is 3.55. The molecule has 0 saturated heterocycles. The molecule has 0 bridgehead atoms. The summed E-state index contributed by atoms with van der Waals surface area (Å²) in [4.78, 5) is 13.4. The third-order valence-corrected chi connectivity index (χ3v) is 3.55. The van der Waals surface area contributed by atoms with Crippen molar-refractivity contribution in [1.82, 2.24) is 4.90 Å². The van der Waals surface area contributed by atoms with Crippen molar-refractivity contribution in [2.75, 3.05) is 19.6 Å². The van der Waals surface area contributed by atoms with Gasteiger partial charge in [0.15, 0.2) is 0 Å². The summed E-state index contributed by atoms with van der Waals surface area (Å²) < 4.78 is 0. The van der Waals surface area contributed by atoms with Crippen molar-refractivity contribution in [2.24, 2.45) is 17.6 Å². The van der Waals surface area contributed by atoms with Gasteiger partial charge in [-0.05, 0) is 50.5 Å². The summed E-state index contributed by atoms with van der Waals surface area (Å²) in [6.45, 7) is 2.39. The largest absolute Gasteiger partial charge is 0.480 e. The molecule has 0 radical (unpaired) electrons. The highest BCUT2D eigenvalue weighted by Gasteiger charge is 2.34. The van der Waals surface area contributed by atoms with E-state index in [1.165, 1.54) is 25.7 Å². The Hall–Kier alpha value is -0.610. The van der Waals surface area contributed by atoms with Crippen LogP contribution in [0.2, 0.25) is 0 Å². The molecular formula is C12H22N2O2. The second-order valence-corrected chi connectivity index (χ2v) is 5.27. The van der Waals surface area contributed by atoms with Crippen LogP contribution in [0.4, 0.5) is 0 Å². The van der Waals surface area contributed by atoms with Crippen LogP contribution in [0, 0.1) is 11.8 Å². The molecule has 0 aliphatic heterocycles. The van der Waals surface area contributed by atoms with Crippen molar-refractivity contribution in [3.63, 3.8) is 0 Å².